The highest BCUT2D eigenvalue weighted by molar-refractivity contribution is 8.13. The molecule has 0 aliphatic rings. The number of ether oxygens (including phenoxy) is 1. The lowest BCUT2D eigenvalue weighted by Crippen LogP contribution is -2.17. The number of aryl methyl sites for hydroxylation is 1. The summed E-state index contributed by atoms with van der Waals surface area (Å²) in [6.45, 7) is 4.26. The second-order valence-electron chi connectivity index (χ2n) is 9.00. The van der Waals surface area contributed by atoms with E-state index in [9.17, 15) is 18.0 Å². The average molecular weight is 569 g/mol. The topological polar surface area (TPSA) is 92.9 Å². The largest absolute Gasteiger partial charge is 0.573 e. The van der Waals surface area contributed by atoms with Crippen LogP contribution in [0.5, 0.6) is 5.75 Å². The molecule has 0 fully saturated rings. The fourth-order valence-electron chi connectivity index (χ4n) is 3.95. The third kappa shape index (κ3) is 7.20. The summed E-state index contributed by atoms with van der Waals surface area (Å²) >= 11 is 1.45. The van der Waals surface area contributed by atoms with Gasteiger partial charge in [0.25, 0.3) is 5.91 Å². The number of alkyl halides is 3. The maximum atomic E-state index is 12.9. The number of anilines is 2. The van der Waals surface area contributed by atoms with Crippen molar-refractivity contribution in [3.63, 3.8) is 0 Å². The van der Waals surface area contributed by atoms with Crippen LogP contribution in [0.4, 0.5) is 24.5 Å². The molecule has 2 N–H and O–H groups in total. The number of fused-ring (bicyclic) bond motifs is 1. The Hall–Kier alpha value is -4.32. The standard InChI is InChI=1S/C28H27F3N6O2S/c1-17(2)21-7-5-6-8-23(21)34-27(40-4)35-32-16-18-9-14-22-24(15-18)37(3)36-25(22)26(38)33-19-10-12-20(13-11-19)39-28(29,30)31/h5-17H,1-4H3,(H,33,38)(H,34,35). The number of nitrogens with zero attached hydrogens (tertiary/aromatic N) is 4. The molecule has 0 spiro atoms. The molecule has 4 rings (SSSR count). The molecule has 12 heteroatoms. The molecule has 0 bridgehead atoms. The summed E-state index contributed by atoms with van der Waals surface area (Å²) in [5.74, 6) is -0.530. The van der Waals surface area contributed by atoms with Crippen molar-refractivity contribution in [2.24, 2.45) is 17.3 Å². The Labute approximate surface area is 233 Å². The Morgan fingerprint density at radius 2 is 1.80 bits per heavy atom. The van der Waals surface area contributed by atoms with Crippen LogP contribution in [0.2, 0.25) is 0 Å². The van der Waals surface area contributed by atoms with Gasteiger partial charge < -0.3 is 15.4 Å². The number of aromatic nitrogens is 2. The van der Waals surface area contributed by atoms with Crippen molar-refractivity contribution >= 4 is 51.3 Å². The molecule has 208 valence electrons. The monoisotopic (exact) mass is 568 g/mol. The van der Waals surface area contributed by atoms with Crippen LogP contribution in [-0.4, -0.2) is 39.7 Å². The summed E-state index contributed by atoms with van der Waals surface area (Å²) in [5.41, 5.74) is 4.09. The Morgan fingerprint density at radius 3 is 2.48 bits per heavy atom. The third-order valence-corrected chi connectivity index (χ3v) is 6.38. The van der Waals surface area contributed by atoms with Gasteiger partial charge in [-0.05, 0) is 65.8 Å². The van der Waals surface area contributed by atoms with Crippen molar-refractivity contribution in [3.8, 4) is 5.75 Å². The van der Waals surface area contributed by atoms with Gasteiger partial charge in [0, 0.05) is 23.8 Å². The predicted molar refractivity (Wildman–Crippen MR) is 154 cm³/mol. The lowest BCUT2D eigenvalue weighted by atomic mass is 10.0. The molecule has 0 aliphatic heterocycles. The first-order valence-electron chi connectivity index (χ1n) is 12.2. The van der Waals surface area contributed by atoms with E-state index < -0.39 is 12.3 Å². The number of benzene rings is 3. The van der Waals surface area contributed by atoms with E-state index >= 15 is 0 Å². The van der Waals surface area contributed by atoms with Crippen LogP contribution < -0.4 is 15.4 Å². The molecule has 0 saturated heterocycles. The Morgan fingerprint density at radius 1 is 1.07 bits per heavy atom. The fourth-order valence-corrected chi connectivity index (χ4v) is 4.29. The van der Waals surface area contributed by atoms with Gasteiger partial charge in [-0.1, -0.05) is 49.9 Å². The van der Waals surface area contributed by atoms with Gasteiger partial charge in [0.2, 0.25) is 0 Å². The number of hydrogen-bond acceptors (Lipinski definition) is 6. The number of carbonyl (C=O) groups excluding carboxylic acids is 1. The maximum Gasteiger partial charge on any atom is 0.573 e. The van der Waals surface area contributed by atoms with Crippen molar-refractivity contribution in [2.45, 2.75) is 26.1 Å². The van der Waals surface area contributed by atoms with Gasteiger partial charge in [0.15, 0.2) is 10.9 Å². The molecule has 1 heterocycles. The molecule has 1 amide bonds. The zero-order chi connectivity index (χ0) is 28.9. The summed E-state index contributed by atoms with van der Waals surface area (Å²) in [6, 6.07) is 18.3. The van der Waals surface area contributed by atoms with E-state index in [-0.39, 0.29) is 11.4 Å². The smallest absolute Gasteiger partial charge is 0.406 e. The van der Waals surface area contributed by atoms with Crippen LogP contribution in [0.15, 0.2) is 76.9 Å². The SMILES string of the molecule is CSC(=NN=Cc1ccc2c(C(=O)Nc3ccc(OC(F)(F)F)cc3)nn(C)c2c1)Nc1ccccc1C(C)C. The Kier molecular flexibility index (Phi) is 8.78. The highest BCUT2D eigenvalue weighted by Gasteiger charge is 2.31. The first kappa shape index (κ1) is 28.7. The number of rotatable bonds is 7. The van der Waals surface area contributed by atoms with Gasteiger partial charge in [0.05, 0.1) is 11.7 Å². The molecule has 0 radical (unpaired) electrons. The van der Waals surface area contributed by atoms with Gasteiger partial charge in [-0.15, -0.1) is 18.3 Å². The molecule has 0 aliphatic carbocycles. The molecule has 0 unspecified atom stereocenters. The number of carbonyl (C=O) groups is 1. The molecule has 3 aromatic carbocycles. The number of amidine groups is 1. The minimum Gasteiger partial charge on any atom is -0.406 e. The molecule has 0 saturated carbocycles. The molecular weight excluding hydrogens is 541 g/mol. The first-order valence-corrected chi connectivity index (χ1v) is 13.4. The van der Waals surface area contributed by atoms with Crippen molar-refractivity contribution in [3.05, 3.63) is 83.6 Å². The van der Waals surface area contributed by atoms with Crippen molar-refractivity contribution in [2.75, 3.05) is 16.9 Å². The second-order valence-corrected chi connectivity index (χ2v) is 9.79. The highest BCUT2D eigenvalue weighted by atomic mass is 32.2. The van der Waals surface area contributed by atoms with E-state index in [0.717, 1.165) is 23.4 Å². The average Bonchev–Trinajstić information content (AvgIpc) is 3.24. The molecule has 8 nitrogen and oxygen atoms in total. The summed E-state index contributed by atoms with van der Waals surface area (Å²) in [5, 5.41) is 20.1. The number of amides is 1. The van der Waals surface area contributed by atoms with Crippen LogP contribution in [0.25, 0.3) is 10.9 Å². The summed E-state index contributed by atoms with van der Waals surface area (Å²) in [4.78, 5) is 12.9. The lowest BCUT2D eigenvalue weighted by molar-refractivity contribution is -0.274. The lowest BCUT2D eigenvalue weighted by Gasteiger charge is -2.14. The first-order chi connectivity index (χ1) is 19.0. The minimum atomic E-state index is -4.79. The van der Waals surface area contributed by atoms with E-state index in [1.165, 1.54) is 29.5 Å². The zero-order valence-corrected chi connectivity index (χ0v) is 23.0. The zero-order valence-electron chi connectivity index (χ0n) is 22.2. The van der Waals surface area contributed by atoms with E-state index in [2.05, 4.69) is 50.6 Å². The van der Waals surface area contributed by atoms with Crippen LogP contribution in [0, 0.1) is 0 Å². The third-order valence-electron chi connectivity index (χ3n) is 5.81. The molecule has 4 aromatic rings. The Balaban J connectivity index is 1.48. The van der Waals surface area contributed by atoms with Crippen LogP contribution in [-0.2, 0) is 7.05 Å². The van der Waals surface area contributed by atoms with Gasteiger partial charge in [-0.3, -0.25) is 9.48 Å². The summed E-state index contributed by atoms with van der Waals surface area (Å²) in [7, 11) is 1.71. The summed E-state index contributed by atoms with van der Waals surface area (Å²) in [6.07, 6.45) is -1.26. The molecule has 40 heavy (non-hydrogen) atoms. The van der Waals surface area contributed by atoms with E-state index in [0.29, 0.717) is 27.7 Å². The van der Waals surface area contributed by atoms with Gasteiger partial charge in [0.1, 0.15) is 5.75 Å². The predicted octanol–water partition coefficient (Wildman–Crippen LogP) is 7.01. The van der Waals surface area contributed by atoms with Crippen molar-refractivity contribution in [1.82, 2.24) is 9.78 Å². The van der Waals surface area contributed by atoms with Crippen LogP contribution in [0.3, 0.4) is 0 Å². The van der Waals surface area contributed by atoms with Crippen molar-refractivity contribution < 1.29 is 22.7 Å². The number of thioether (sulfide) groups is 1. The van der Waals surface area contributed by atoms with E-state index in [1.54, 1.807) is 30.1 Å². The number of para-hydroxylation sites is 1. The maximum absolute atomic E-state index is 12.9. The molecule has 1 aromatic heterocycles. The highest BCUT2D eigenvalue weighted by Crippen LogP contribution is 2.26. The number of halogens is 3. The second kappa shape index (κ2) is 12.2. The van der Waals surface area contributed by atoms with Gasteiger partial charge >= 0.3 is 6.36 Å². The number of hydrogen-bond donors (Lipinski definition) is 2. The van der Waals surface area contributed by atoms with Gasteiger partial charge in [-0.25, -0.2) is 0 Å². The summed E-state index contributed by atoms with van der Waals surface area (Å²) < 4.78 is 42.5. The normalized spacial score (nSPS) is 12.3. The fraction of sp³-hybridized carbons (Fsp3) is 0.214. The Bertz CT molecular complexity index is 1560. The van der Waals surface area contributed by atoms with Gasteiger partial charge in [-0.2, -0.15) is 10.2 Å². The van der Waals surface area contributed by atoms with Crippen molar-refractivity contribution in [1.29, 1.82) is 0 Å². The molecule has 0 atom stereocenters. The van der Waals surface area contributed by atoms with Crippen LogP contribution in [0.1, 0.15) is 41.4 Å². The van der Waals surface area contributed by atoms with E-state index in [1.807, 2.05) is 30.5 Å². The number of nitrogens with one attached hydrogen (secondary N) is 2. The van der Waals surface area contributed by atoms with Crippen LogP contribution >= 0.6 is 11.8 Å². The quantitative estimate of drug-likeness (QED) is 0.142. The molecular formula is C28H27F3N6O2S. The minimum absolute atomic E-state index is 0.173. The van der Waals surface area contributed by atoms with E-state index in [4.69, 9.17) is 0 Å².